The number of hydrogen-bond acceptors (Lipinski definition) is 6. The van der Waals surface area contributed by atoms with Crippen molar-refractivity contribution in [2.45, 2.75) is 29.5 Å². The quantitative estimate of drug-likeness (QED) is 0.527. The van der Waals surface area contributed by atoms with E-state index in [2.05, 4.69) is 4.98 Å². The molecule has 2 N–H and O–H groups in total. The predicted molar refractivity (Wildman–Crippen MR) is 130 cm³/mol. The molecular formula is C26H22N2O4S2. The number of H-pyrrole nitrogens is 1. The van der Waals surface area contributed by atoms with E-state index in [4.69, 9.17) is 0 Å². The first-order valence-corrected chi connectivity index (χ1v) is 13.2. The van der Waals surface area contributed by atoms with Gasteiger partial charge in [0.1, 0.15) is 5.75 Å². The number of aromatic amines is 1. The molecule has 4 aliphatic rings. The number of phenols is 1. The molecule has 2 aliphatic carbocycles. The number of thiazole rings is 1. The van der Waals surface area contributed by atoms with E-state index < -0.39 is 0 Å². The molecule has 34 heavy (non-hydrogen) atoms. The Morgan fingerprint density at radius 3 is 2.32 bits per heavy atom. The molecule has 7 rings (SSSR count). The summed E-state index contributed by atoms with van der Waals surface area (Å²) in [6.07, 6.45) is 0.866. The number of anilines is 1. The Morgan fingerprint density at radius 1 is 0.941 bits per heavy atom. The zero-order valence-corrected chi connectivity index (χ0v) is 19.9. The maximum atomic E-state index is 13.7. The van der Waals surface area contributed by atoms with Crippen molar-refractivity contribution in [2.75, 3.05) is 4.90 Å². The van der Waals surface area contributed by atoms with Crippen molar-refractivity contribution >= 4 is 40.6 Å². The minimum atomic E-state index is -0.308. The fourth-order valence-electron chi connectivity index (χ4n) is 7.02. The number of aryl methyl sites for hydroxylation is 1. The van der Waals surface area contributed by atoms with Gasteiger partial charge in [-0.2, -0.15) is 0 Å². The number of amides is 2. The van der Waals surface area contributed by atoms with Crippen LogP contribution in [0, 0.1) is 36.5 Å². The summed E-state index contributed by atoms with van der Waals surface area (Å²) in [4.78, 5) is 45.0. The number of aromatic nitrogens is 1. The number of carbonyl (C=O) groups is 2. The summed E-state index contributed by atoms with van der Waals surface area (Å²) in [5.74, 6) is -0.226. The molecule has 7 atom stereocenters. The van der Waals surface area contributed by atoms with Crippen LogP contribution in [0.4, 0.5) is 5.69 Å². The molecule has 3 aromatic rings. The van der Waals surface area contributed by atoms with E-state index in [0.717, 1.165) is 27.5 Å². The Bertz CT molecular complexity index is 1390. The molecule has 172 valence electrons. The summed E-state index contributed by atoms with van der Waals surface area (Å²) in [7, 11) is 0. The first-order valence-electron chi connectivity index (χ1n) is 11.6. The summed E-state index contributed by atoms with van der Waals surface area (Å²) >= 11 is 2.93. The van der Waals surface area contributed by atoms with Crippen LogP contribution in [0.3, 0.4) is 0 Å². The molecule has 2 amide bonds. The van der Waals surface area contributed by atoms with E-state index in [1.54, 1.807) is 23.9 Å². The van der Waals surface area contributed by atoms with Gasteiger partial charge < -0.3 is 10.1 Å². The van der Waals surface area contributed by atoms with Crippen molar-refractivity contribution in [3.05, 3.63) is 74.2 Å². The number of carbonyl (C=O) groups excluding carboxylic acids is 2. The Morgan fingerprint density at radius 2 is 1.62 bits per heavy atom. The minimum Gasteiger partial charge on any atom is -0.508 e. The van der Waals surface area contributed by atoms with Gasteiger partial charge in [0.25, 0.3) is 0 Å². The van der Waals surface area contributed by atoms with Crippen molar-refractivity contribution in [1.29, 1.82) is 0 Å². The normalized spacial score (nSPS) is 33.2. The van der Waals surface area contributed by atoms with Gasteiger partial charge in [0, 0.05) is 16.0 Å². The smallest absolute Gasteiger partial charge is 0.305 e. The lowest BCUT2D eigenvalue weighted by atomic mass is 9.68. The fourth-order valence-corrected chi connectivity index (χ4v) is 9.91. The van der Waals surface area contributed by atoms with Gasteiger partial charge in [-0.1, -0.05) is 41.2 Å². The van der Waals surface area contributed by atoms with Crippen LogP contribution in [-0.2, 0) is 9.59 Å². The number of nitrogens with zero attached hydrogens (tertiary/aromatic N) is 1. The highest BCUT2D eigenvalue weighted by atomic mass is 32.2. The second-order valence-corrected chi connectivity index (χ2v) is 12.1. The van der Waals surface area contributed by atoms with Crippen LogP contribution in [0.1, 0.15) is 28.3 Å². The van der Waals surface area contributed by atoms with Crippen molar-refractivity contribution in [1.82, 2.24) is 4.98 Å². The van der Waals surface area contributed by atoms with Gasteiger partial charge in [0.15, 0.2) is 0 Å². The van der Waals surface area contributed by atoms with Crippen LogP contribution in [0.15, 0.2) is 58.4 Å². The topological polar surface area (TPSA) is 90.5 Å². The second kappa shape index (κ2) is 7.09. The zero-order valence-electron chi connectivity index (χ0n) is 18.3. The molecular weight excluding hydrogens is 468 g/mol. The highest BCUT2D eigenvalue weighted by Gasteiger charge is 2.69. The molecule has 0 radical (unpaired) electrons. The maximum absolute atomic E-state index is 13.7. The maximum Gasteiger partial charge on any atom is 0.305 e. The zero-order chi connectivity index (χ0) is 23.3. The van der Waals surface area contributed by atoms with Crippen molar-refractivity contribution in [2.24, 2.45) is 29.6 Å². The summed E-state index contributed by atoms with van der Waals surface area (Å²) in [5, 5.41) is 10.9. The number of fused-ring (bicyclic) bond motifs is 9. The summed E-state index contributed by atoms with van der Waals surface area (Å²) in [6.45, 7) is 1.99. The molecule has 2 aromatic carbocycles. The lowest BCUT2D eigenvalue weighted by Gasteiger charge is -2.43. The van der Waals surface area contributed by atoms with Gasteiger partial charge in [0.05, 0.1) is 22.5 Å². The SMILES string of the molecule is Cc1ccc(N2C(=O)[C@@H]3[C@@H]4C[C@@H]([C@H]5Sc6[nH]c(=O)sc6[C@H](c6ccc(O)cc6)[C@H]45)[C@@H]3C2=O)cc1. The van der Waals surface area contributed by atoms with Gasteiger partial charge in [-0.3, -0.25) is 19.3 Å². The van der Waals surface area contributed by atoms with Gasteiger partial charge >= 0.3 is 4.87 Å². The molecule has 3 heterocycles. The average Bonchev–Trinajstić information content (AvgIpc) is 3.54. The van der Waals surface area contributed by atoms with E-state index in [1.807, 2.05) is 43.3 Å². The molecule has 0 unspecified atom stereocenters. The molecule has 6 nitrogen and oxygen atoms in total. The molecule has 2 aliphatic heterocycles. The molecule has 3 fully saturated rings. The number of thioether (sulfide) groups is 1. The second-order valence-electron chi connectivity index (χ2n) is 9.90. The van der Waals surface area contributed by atoms with Gasteiger partial charge in [-0.15, -0.1) is 11.8 Å². The summed E-state index contributed by atoms with van der Waals surface area (Å²) in [6, 6.07) is 14.8. The Kier molecular flexibility index (Phi) is 4.28. The minimum absolute atomic E-state index is 0.0296. The number of aromatic hydroxyl groups is 1. The van der Waals surface area contributed by atoms with E-state index in [0.29, 0.717) is 5.69 Å². The number of phenolic OH excluding ortho intramolecular Hbond substituents is 1. The first-order chi connectivity index (χ1) is 16.4. The van der Waals surface area contributed by atoms with Gasteiger partial charge in [0.2, 0.25) is 11.8 Å². The highest BCUT2D eigenvalue weighted by Crippen LogP contribution is 2.68. The van der Waals surface area contributed by atoms with Crippen LogP contribution in [0.2, 0.25) is 0 Å². The van der Waals surface area contributed by atoms with E-state index in [-0.39, 0.29) is 63.2 Å². The highest BCUT2D eigenvalue weighted by molar-refractivity contribution is 8.00. The molecule has 8 heteroatoms. The lowest BCUT2D eigenvalue weighted by Crippen LogP contribution is -2.42. The monoisotopic (exact) mass is 490 g/mol. The van der Waals surface area contributed by atoms with Crippen molar-refractivity contribution in [3.63, 3.8) is 0 Å². The summed E-state index contributed by atoms with van der Waals surface area (Å²) < 4.78 is 0. The van der Waals surface area contributed by atoms with E-state index >= 15 is 0 Å². The number of imide groups is 1. The Labute approximate surface area is 204 Å². The van der Waals surface area contributed by atoms with Gasteiger partial charge in [-0.25, -0.2) is 0 Å². The van der Waals surface area contributed by atoms with Crippen LogP contribution < -0.4 is 9.77 Å². The number of benzene rings is 2. The standard InChI is InChI=1S/C26H22N2O4S2/c1-11-2-6-13(7-3-11)28-24(30)19-15-10-16(20(19)25(28)31)21-18(15)17(12-4-8-14(29)9-5-12)22-23(33-21)27-26(32)34-22/h2-9,15-21,29H,10H2,1H3,(H,27,32)/t15-,16-,17-,18+,19-,20+,21-/m1/s1. The van der Waals surface area contributed by atoms with Crippen molar-refractivity contribution < 1.29 is 14.7 Å². The lowest BCUT2D eigenvalue weighted by molar-refractivity contribution is -0.123. The average molecular weight is 491 g/mol. The predicted octanol–water partition coefficient (Wildman–Crippen LogP) is 4.13. The summed E-state index contributed by atoms with van der Waals surface area (Å²) in [5.41, 5.74) is 2.78. The van der Waals surface area contributed by atoms with E-state index in [1.165, 1.54) is 16.2 Å². The fraction of sp³-hybridized carbons (Fsp3) is 0.346. The van der Waals surface area contributed by atoms with Crippen LogP contribution in [0.25, 0.3) is 0 Å². The first kappa shape index (κ1) is 20.5. The largest absolute Gasteiger partial charge is 0.508 e. The van der Waals surface area contributed by atoms with Crippen molar-refractivity contribution in [3.8, 4) is 5.75 Å². The third kappa shape index (κ3) is 2.66. The Balaban J connectivity index is 1.32. The molecule has 1 saturated heterocycles. The van der Waals surface area contributed by atoms with Crippen LogP contribution >= 0.6 is 23.1 Å². The number of rotatable bonds is 2. The number of hydrogen-bond donors (Lipinski definition) is 2. The molecule has 2 bridgehead atoms. The number of nitrogens with one attached hydrogen (secondary N) is 1. The van der Waals surface area contributed by atoms with Gasteiger partial charge in [-0.05, 0) is 60.9 Å². The van der Waals surface area contributed by atoms with E-state index in [9.17, 15) is 19.5 Å². The Hall–Kier alpha value is -2.84. The molecule has 0 spiro atoms. The molecule has 1 aromatic heterocycles. The van der Waals surface area contributed by atoms with Crippen LogP contribution in [-0.4, -0.2) is 27.2 Å². The third-order valence-electron chi connectivity index (χ3n) is 8.27. The molecule has 2 saturated carbocycles. The van der Waals surface area contributed by atoms with Crippen LogP contribution in [0.5, 0.6) is 5.75 Å². The third-order valence-corrected chi connectivity index (χ3v) is 10.9.